The van der Waals surface area contributed by atoms with E-state index in [1.54, 1.807) is 0 Å². The van der Waals surface area contributed by atoms with E-state index < -0.39 is 0 Å². The van der Waals surface area contributed by atoms with E-state index in [0.717, 1.165) is 0 Å². The van der Waals surface area contributed by atoms with Gasteiger partial charge in [-0.15, -0.1) is 0 Å². The Morgan fingerprint density at radius 1 is 1.33 bits per heavy atom. The third-order valence-electron chi connectivity index (χ3n) is 3.49. The zero-order valence-corrected chi connectivity index (χ0v) is 7.97. The van der Waals surface area contributed by atoms with Crippen molar-refractivity contribution in [3.63, 3.8) is 0 Å². The van der Waals surface area contributed by atoms with Crippen molar-refractivity contribution >= 4 is 5.71 Å². The van der Waals surface area contributed by atoms with Gasteiger partial charge in [-0.3, -0.25) is 0 Å². The van der Waals surface area contributed by atoms with Crippen LogP contribution in [0.4, 0.5) is 0 Å². The molecule has 68 valence electrons. The maximum Gasteiger partial charge on any atom is 0.145 e. The third-order valence-corrected chi connectivity index (χ3v) is 3.49. The van der Waals surface area contributed by atoms with Crippen molar-refractivity contribution in [1.82, 2.24) is 0 Å². The molecule has 1 heterocycles. The molecule has 0 aromatic carbocycles. The van der Waals surface area contributed by atoms with E-state index in [4.69, 9.17) is 4.84 Å². The van der Waals surface area contributed by atoms with Crippen molar-refractivity contribution < 1.29 is 4.84 Å². The first-order chi connectivity index (χ1) is 5.75. The average molecular weight is 167 g/mol. The Hall–Kier alpha value is -0.530. The Kier molecular flexibility index (Phi) is 1.85. The minimum absolute atomic E-state index is 0.0995. The van der Waals surface area contributed by atoms with Crippen LogP contribution in [0.2, 0.25) is 0 Å². The normalized spacial score (nSPS) is 33.2. The minimum atomic E-state index is 0.0995. The molecule has 1 aliphatic heterocycles. The highest BCUT2D eigenvalue weighted by Crippen LogP contribution is 2.41. The number of hydrogen-bond acceptors (Lipinski definition) is 2. The molecule has 0 aromatic rings. The predicted octanol–water partition coefficient (Wildman–Crippen LogP) is 2.73. The molecule has 1 spiro atoms. The summed E-state index contributed by atoms with van der Waals surface area (Å²) in [5.41, 5.74) is 1.28. The van der Waals surface area contributed by atoms with Gasteiger partial charge in [0.15, 0.2) is 0 Å². The molecule has 1 saturated carbocycles. The van der Waals surface area contributed by atoms with Crippen LogP contribution in [0.1, 0.15) is 46.0 Å². The van der Waals surface area contributed by atoms with Gasteiger partial charge in [-0.25, -0.2) is 0 Å². The second-order valence-corrected chi connectivity index (χ2v) is 4.17. The molecule has 1 fully saturated rings. The summed E-state index contributed by atoms with van der Waals surface area (Å²) >= 11 is 0. The van der Waals surface area contributed by atoms with Crippen molar-refractivity contribution in [1.29, 1.82) is 0 Å². The maximum atomic E-state index is 5.59. The number of rotatable bonds is 0. The van der Waals surface area contributed by atoms with Crippen molar-refractivity contribution in [2.24, 2.45) is 11.1 Å². The fourth-order valence-corrected chi connectivity index (χ4v) is 2.38. The van der Waals surface area contributed by atoms with Gasteiger partial charge < -0.3 is 4.84 Å². The van der Waals surface area contributed by atoms with E-state index in [9.17, 15) is 0 Å². The van der Waals surface area contributed by atoms with Crippen LogP contribution in [0.15, 0.2) is 5.16 Å². The van der Waals surface area contributed by atoms with Crippen LogP contribution >= 0.6 is 0 Å². The molecule has 2 rings (SSSR count). The van der Waals surface area contributed by atoms with Crippen molar-refractivity contribution in [2.45, 2.75) is 51.6 Å². The van der Waals surface area contributed by atoms with Gasteiger partial charge in [0, 0.05) is 5.92 Å². The van der Waals surface area contributed by atoms with Gasteiger partial charge in [0.05, 0.1) is 5.71 Å². The zero-order chi connectivity index (χ0) is 8.60. The second kappa shape index (κ2) is 2.75. The van der Waals surface area contributed by atoms with Gasteiger partial charge in [-0.05, 0) is 32.6 Å². The molecule has 0 N–H and O–H groups in total. The van der Waals surface area contributed by atoms with Crippen molar-refractivity contribution in [2.75, 3.05) is 0 Å². The zero-order valence-electron chi connectivity index (χ0n) is 7.97. The van der Waals surface area contributed by atoms with Gasteiger partial charge in [0.2, 0.25) is 0 Å². The van der Waals surface area contributed by atoms with Crippen LogP contribution in [0.5, 0.6) is 0 Å². The van der Waals surface area contributed by atoms with E-state index in [1.165, 1.54) is 37.8 Å². The SMILES string of the molecule is CC1=NOC2(CCCCC2)C1C. The summed E-state index contributed by atoms with van der Waals surface area (Å²) in [7, 11) is 0. The molecule has 2 nitrogen and oxygen atoms in total. The van der Waals surface area contributed by atoms with Gasteiger partial charge in [0.25, 0.3) is 0 Å². The van der Waals surface area contributed by atoms with Gasteiger partial charge in [0.1, 0.15) is 5.60 Å². The molecule has 1 atom stereocenters. The molecule has 0 aromatic heterocycles. The van der Waals surface area contributed by atoms with E-state index in [2.05, 4.69) is 19.0 Å². The van der Waals surface area contributed by atoms with E-state index in [0.29, 0.717) is 5.92 Å². The average Bonchev–Trinajstić information content (AvgIpc) is 2.37. The lowest BCUT2D eigenvalue weighted by Crippen LogP contribution is -2.38. The van der Waals surface area contributed by atoms with Crippen LogP contribution < -0.4 is 0 Å². The first-order valence-corrected chi connectivity index (χ1v) is 4.97. The lowest BCUT2D eigenvalue weighted by Gasteiger charge is -2.34. The summed E-state index contributed by atoms with van der Waals surface area (Å²) in [5, 5.41) is 4.11. The summed E-state index contributed by atoms with van der Waals surface area (Å²) in [6, 6.07) is 0. The Morgan fingerprint density at radius 3 is 2.50 bits per heavy atom. The standard InChI is InChI=1S/C10H17NO/c1-8-9(2)11-12-10(8)6-4-3-5-7-10/h8H,3-7H2,1-2H3. The molecule has 12 heavy (non-hydrogen) atoms. The first-order valence-electron chi connectivity index (χ1n) is 4.97. The van der Waals surface area contributed by atoms with Crippen LogP contribution in [-0.4, -0.2) is 11.3 Å². The molecule has 2 aliphatic rings. The van der Waals surface area contributed by atoms with E-state index in [-0.39, 0.29) is 5.60 Å². The Balaban J connectivity index is 2.12. The smallest absolute Gasteiger partial charge is 0.145 e. The number of hydrogen-bond donors (Lipinski definition) is 0. The van der Waals surface area contributed by atoms with E-state index in [1.807, 2.05) is 0 Å². The monoisotopic (exact) mass is 167 g/mol. The molecule has 0 saturated heterocycles. The number of nitrogens with zero attached hydrogens (tertiary/aromatic N) is 1. The Morgan fingerprint density at radius 2 is 2.00 bits per heavy atom. The highest BCUT2D eigenvalue weighted by molar-refractivity contribution is 5.85. The summed E-state index contributed by atoms with van der Waals surface area (Å²) in [4.78, 5) is 5.59. The topological polar surface area (TPSA) is 21.6 Å². The molecule has 0 amide bonds. The van der Waals surface area contributed by atoms with Crippen LogP contribution in [0.3, 0.4) is 0 Å². The summed E-state index contributed by atoms with van der Waals surface area (Å²) < 4.78 is 0. The summed E-state index contributed by atoms with van der Waals surface area (Å²) in [6.45, 7) is 4.32. The second-order valence-electron chi connectivity index (χ2n) is 4.17. The third kappa shape index (κ3) is 1.05. The number of oxime groups is 1. The van der Waals surface area contributed by atoms with Gasteiger partial charge >= 0.3 is 0 Å². The van der Waals surface area contributed by atoms with Crippen LogP contribution in [0, 0.1) is 5.92 Å². The van der Waals surface area contributed by atoms with Crippen LogP contribution in [0.25, 0.3) is 0 Å². The van der Waals surface area contributed by atoms with Crippen molar-refractivity contribution in [3.8, 4) is 0 Å². The molecule has 1 unspecified atom stereocenters. The minimum Gasteiger partial charge on any atom is -0.389 e. The van der Waals surface area contributed by atoms with Crippen LogP contribution in [-0.2, 0) is 4.84 Å². The highest BCUT2D eigenvalue weighted by Gasteiger charge is 2.45. The Labute approximate surface area is 74.0 Å². The summed E-state index contributed by atoms with van der Waals surface area (Å²) in [6.07, 6.45) is 6.40. The first kappa shape index (κ1) is 8.09. The Bertz CT molecular complexity index is 204. The van der Waals surface area contributed by atoms with Gasteiger partial charge in [-0.1, -0.05) is 18.5 Å². The molecule has 1 aliphatic carbocycles. The summed E-state index contributed by atoms with van der Waals surface area (Å²) in [5.74, 6) is 0.540. The van der Waals surface area contributed by atoms with Crippen molar-refractivity contribution in [3.05, 3.63) is 0 Å². The fraction of sp³-hybridized carbons (Fsp3) is 0.900. The highest BCUT2D eigenvalue weighted by atomic mass is 16.7. The lowest BCUT2D eigenvalue weighted by atomic mass is 9.75. The fourth-order valence-electron chi connectivity index (χ4n) is 2.38. The predicted molar refractivity (Wildman–Crippen MR) is 49.2 cm³/mol. The molecular weight excluding hydrogens is 150 g/mol. The van der Waals surface area contributed by atoms with E-state index >= 15 is 0 Å². The molecule has 2 heteroatoms. The molecule has 0 bridgehead atoms. The maximum absolute atomic E-state index is 5.59. The molecular formula is C10H17NO. The molecule has 0 radical (unpaired) electrons. The lowest BCUT2D eigenvalue weighted by molar-refractivity contribution is -0.0667. The van der Waals surface area contributed by atoms with Gasteiger partial charge in [-0.2, -0.15) is 0 Å². The quantitative estimate of drug-likeness (QED) is 0.543. The largest absolute Gasteiger partial charge is 0.389 e.